The second-order valence-electron chi connectivity index (χ2n) is 3.15. The van der Waals surface area contributed by atoms with E-state index in [0.29, 0.717) is 6.61 Å². The Balaban J connectivity index is 2.01. The van der Waals surface area contributed by atoms with E-state index in [1.54, 1.807) is 0 Å². The number of carbonyl (C=O) groups is 1. The lowest BCUT2D eigenvalue weighted by Crippen LogP contribution is -2.24. The predicted molar refractivity (Wildman–Crippen MR) is 43.2 cm³/mol. The largest absolute Gasteiger partial charge is 0.465 e. The molecule has 0 bridgehead atoms. The molecule has 1 aliphatic carbocycles. The van der Waals surface area contributed by atoms with Gasteiger partial charge >= 0.3 is 5.97 Å². The molecule has 0 spiro atoms. The van der Waals surface area contributed by atoms with Crippen LogP contribution in [0, 0.1) is 5.92 Å². The van der Waals surface area contributed by atoms with E-state index in [1.165, 1.54) is 6.42 Å². The molecule has 0 aliphatic heterocycles. The highest BCUT2D eigenvalue weighted by molar-refractivity contribution is 5.73. The summed E-state index contributed by atoms with van der Waals surface area (Å²) in [6, 6.07) is 0. The van der Waals surface area contributed by atoms with Crippen LogP contribution in [0.4, 0.5) is 0 Å². The van der Waals surface area contributed by atoms with Gasteiger partial charge in [-0.25, -0.2) is 0 Å². The number of hydrogen-bond acceptors (Lipinski definition) is 2. The van der Waals surface area contributed by atoms with Crippen LogP contribution in [-0.2, 0) is 9.53 Å². The summed E-state index contributed by atoms with van der Waals surface area (Å²) in [7, 11) is 0. The molecule has 0 radical (unpaired) electrons. The van der Waals surface area contributed by atoms with Crippen LogP contribution in [0.1, 0.15) is 39.0 Å². The van der Waals surface area contributed by atoms with Crippen LogP contribution in [0.2, 0.25) is 0 Å². The van der Waals surface area contributed by atoms with Gasteiger partial charge in [0.1, 0.15) is 0 Å². The van der Waals surface area contributed by atoms with Crippen LogP contribution < -0.4 is 0 Å². The molecule has 64 valence electrons. The minimum absolute atomic E-state index is 0.0321. The normalized spacial score (nSPS) is 17.5. The molecular formula is C9H16O2. The van der Waals surface area contributed by atoms with Gasteiger partial charge in [-0.1, -0.05) is 19.8 Å². The Morgan fingerprint density at radius 1 is 1.55 bits per heavy atom. The van der Waals surface area contributed by atoms with Crippen LogP contribution >= 0.6 is 0 Å². The zero-order chi connectivity index (χ0) is 8.10. The van der Waals surface area contributed by atoms with Crippen molar-refractivity contribution < 1.29 is 9.53 Å². The average molecular weight is 156 g/mol. The first-order chi connectivity index (χ1) is 5.34. The fourth-order valence-electron chi connectivity index (χ4n) is 1.08. The summed E-state index contributed by atoms with van der Waals surface area (Å²) in [5.74, 6) is 0.275. The highest BCUT2D eigenvalue weighted by Gasteiger charge is 2.26. The van der Waals surface area contributed by atoms with E-state index in [9.17, 15) is 4.79 Å². The van der Waals surface area contributed by atoms with Crippen molar-refractivity contribution in [3.8, 4) is 0 Å². The first-order valence-electron chi connectivity index (χ1n) is 4.51. The van der Waals surface area contributed by atoms with Gasteiger partial charge in [0.05, 0.1) is 12.5 Å². The maximum atomic E-state index is 11.1. The lowest BCUT2D eigenvalue weighted by atomic mass is 9.86. The number of ether oxygens (including phenoxy) is 1. The Hall–Kier alpha value is -0.530. The molecule has 0 heterocycles. The van der Waals surface area contributed by atoms with Gasteiger partial charge in [0.2, 0.25) is 0 Å². The van der Waals surface area contributed by atoms with E-state index in [4.69, 9.17) is 4.74 Å². The average Bonchev–Trinajstić information content (AvgIpc) is 1.84. The summed E-state index contributed by atoms with van der Waals surface area (Å²) in [5.41, 5.74) is 0. The van der Waals surface area contributed by atoms with Crippen LogP contribution in [-0.4, -0.2) is 12.6 Å². The summed E-state index contributed by atoms with van der Waals surface area (Å²) < 4.78 is 5.05. The van der Waals surface area contributed by atoms with Gasteiger partial charge in [0, 0.05) is 0 Å². The number of rotatable bonds is 4. The SMILES string of the molecule is CCCCOC(=O)C1CCC1. The second kappa shape index (κ2) is 4.37. The Kier molecular flexibility index (Phi) is 3.40. The third-order valence-corrected chi connectivity index (χ3v) is 2.18. The Labute approximate surface area is 67.9 Å². The summed E-state index contributed by atoms with van der Waals surface area (Å²) in [5, 5.41) is 0. The highest BCUT2D eigenvalue weighted by Crippen LogP contribution is 2.27. The van der Waals surface area contributed by atoms with Crippen molar-refractivity contribution >= 4 is 5.97 Å². The number of esters is 1. The minimum atomic E-state index is 0.0321. The molecule has 1 rings (SSSR count). The molecule has 11 heavy (non-hydrogen) atoms. The van der Waals surface area contributed by atoms with E-state index in [-0.39, 0.29) is 11.9 Å². The summed E-state index contributed by atoms with van der Waals surface area (Å²) in [6.45, 7) is 2.71. The molecule has 0 atom stereocenters. The molecular weight excluding hydrogens is 140 g/mol. The highest BCUT2D eigenvalue weighted by atomic mass is 16.5. The van der Waals surface area contributed by atoms with Gasteiger partial charge in [-0.05, 0) is 19.3 Å². The number of unbranched alkanes of at least 4 members (excludes halogenated alkanes) is 1. The van der Waals surface area contributed by atoms with Gasteiger partial charge in [0.25, 0.3) is 0 Å². The van der Waals surface area contributed by atoms with Gasteiger partial charge in [0.15, 0.2) is 0 Å². The van der Waals surface area contributed by atoms with Crippen LogP contribution in [0.25, 0.3) is 0 Å². The molecule has 0 N–H and O–H groups in total. The third kappa shape index (κ3) is 2.52. The van der Waals surface area contributed by atoms with Gasteiger partial charge in [-0.15, -0.1) is 0 Å². The Morgan fingerprint density at radius 3 is 2.73 bits per heavy atom. The first-order valence-corrected chi connectivity index (χ1v) is 4.51. The molecule has 0 aromatic rings. The Morgan fingerprint density at radius 2 is 2.27 bits per heavy atom. The van der Waals surface area contributed by atoms with Gasteiger partial charge < -0.3 is 4.74 Å². The second-order valence-corrected chi connectivity index (χ2v) is 3.15. The lowest BCUT2D eigenvalue weighted by Gasteiger charge is -2.22. The first kappa shape index (κ1) is 8.57. The number of hydrogen-bond donors (Lipinski definition) is 0. The predicted octanol–water partition coefficient (Wildman–Crippen LogP) is 2.13. The van der Waals surface area contributed by atoms with Crippen molar-refractivity contribution in [2.24, 2.45) is 5.92 Å². The van der Waals surface area contributed by atoms with E-state index in [2.05, 4.69) is 6.92 Å². The zero-order valence-corrected chi connectivity index (χ0v) is 7.14. The van der Waals surface area contributed by atoms with Crippen LogP contribution in [0.3, 0.4) is 0 Å². The summed E-state index contributed by atoms with van der Waals surface area (Å²) in [4.78, 5) is 11.1. The topological polar surface area (TPSA) is 26.3 Å². The molecule has 0 aromatic heterocycles. The molecule has 2 nitrogen and oxygen atoms in total. The van der Waals surface area contributed by atoms with E-state index in [1.807, 2.05) is 0 Å². The summed E-state index contributed by atoms with van der Waals surface area (Å²) >= 11 is 0. The van der Waals surface area contributed by atoms with Crippen molar-refractivity contribution in [2.75, 3.05) is 6.61 Å². The monoisotopic (exact) mass is 156 g/mol. The zero-order valence-electron chi connectivity index (χ0n) is 7.14. The van der Waals surface area contributed by atoms with Gasteiger partial charge in [-0.3, -0.25) is 4.79 Å². The quantitative estimate of drug-likeness (QED) is 0.460. The van der Waals surface area contributed by atoms with E-state index >= 15 is 0 Å². The smallest absolute Gasteiger partial charge is 0.308 e. The molecule has 1 fully saturated rings. The molecule has 0 unspecified atom stereocenters. The number of carbonyl (C=O) groups excluding carboxylic acids is 1. The van der Waals surface area contributed by atoms with Gasteiger partial charge in [-0.2, -0.15) is 0 Å². The molecule has 1 aliphatic rings. The maximum Gasteiger partial charge on any atom is 0.308 e. The maximum absolute atomic E-state index is 11.1. The van der Waals surface area contributed by atoms with Crippen LogP contribution in [0.15, 0.2) is 0 Å². The lowest BCUT2D eigenvalue weighted by molar-refractivity contribution is -0.151. The van der Waals surface area contributed by atoms with Crippen molar-refractivity contribution in [3.05, 3.63) is 0 Å². The third-order valence-electron chi connectivity index (χ3n) is 2.18. The van der Waals surface area contributed by atoms with Crippen molar-refractivity contribution in [1.29, 1.82) is 0 Å². The summed E-state index contributed by atoms with van der Waals surface area (Å²) in [6.07, 6.45) is 5.39. The molecule has 2 heteroatoms. The van der Waals surface area contributed by atoms with Crippen molar-refractivity contribution in [3.63, 3.8) is 0 Å². The molecule has 0 aromatic carbocycles. The molecule has 1 saturated carbocycles. The molecule has 0 saturated heterocycles. The van der Waals surface area contributed by atoms with E-state index in [0.717, 1.165) is 25.7 Å². The Bertz CT molecular complexity index is 128. The molecule has 0 amide bonds. The van der Waals surface area contributed by atoms with Crippen molar-refractivity contribution in [2.45, 2.75) is 39.0 Å². The van der Waals surface area contributed by atoms with Crippen molar-refractivity contribution in [1.82, 2.24) is 0 Å². The minimum Gasteiger partial charge on any atom is -0.465 e. The fraction of sp³-hybridized carbons (Fsp3) is 0.889. The van der Waals surface area contributed by atoms with Crippen LogP contribution in [0.5, 0.6) is 0 Å². The standard InChI is InChI=1S/C9H16O2/c1-2-3-7-11-9(10)8-5-4-6-8/h8H,2-7H2,1H3. The fourth-order valence-corrected chi connectivity index (χ4v) is 1.08. The van der Waals surface area contributed by atoms with E-state index < -0.39 is 0 Å².